The van der Waals surface area contributed by atoms with Gasteiger partial charge in [0.15, 0.2) is 0 Å². The monoisotopic (exact) mass is 221 g/mol. The maximum absolute atomic E-state index is 6.07. The fourth-order valence-corrected chi connectivity index (χ4v) is 1.83. The van der Waals surface area contributed by atoms with Gasteiger partial charge < -0.3 is 5.73 Å². The second kappa shape index (κ2) is 8.22. The van der Waals surface area contributed by atoms with E-state index in [9.17, 15) is 0 Å². The Morgan fingerprint density at radius 1 is 1.12 bits per heavy atom. The molecule has 90 valence electrons. The fourth-order valence-electron chi connectivity index (χ4n) is 1.83. The Morgan fingerprint density at radius 2 is 1.88 bits per heavy atom. The van der Waals surface area contributed by atoms with E-state index in [2.05, 4.69) is 17.1 Å². The lowest BCUT2D eigenvalue weighted by molar-refractivity contribution is 0.546. The highest BCUT2D eigenvalue weighted by molar-refractivity contribution is 5.10. The van der Waals surface area contributed by atoms with E-state index in [1.807, 2.05) is 6.07 Å². The molecule has 2 N–H and O–H groups in total. The molecule has 16 heavy (non-hydrogen) atoms. The largest absolute Gasteiger partial charge is 0.324 e. The van der Waals surface area contributed by atoms with E-state index in [1.165, 1.54) is 38.5 Å². The predicted octanol–water partition coefficient (Wildman–Crippen LogP) is 3.23. The molecular weight excluding hydrogens is 198 g/mol. The second-order valence-electron chi connectivity index (χ2n) is 4.34. The third-order valence-electron chi connectivity index (χ3n) is 2.90. The van der Waals surface area contributed by atoms with Crippen molar-refractivity contribution in [2.24, 2.45) is 5.73 Å². The lowest BCUT2D eigenvalue weighted by atomic mass is 10.0. The minimum atomic E-state index is 0.127. The first-order valence-electron chi connectivity index (χ1n) is 6.36. The van der Waals surface area contributed by atoms with Gasteiger partial charge in [-0.2, -0.15) is 10.2 Å². The van der Waals surface area contributed by atoms with Crippen molar-refractivity contribution >= 4 is 0 Å². The number of unbranched alkanes of at least 4 members (excludes halogenated alkanes) is 5. The summed E-state index contributed by atoms with van der Waals surface area (Å²) in [6.07, 6.45) is 12.4. The molecule has 0 radical (unpaired) electrons. The smallest absolute Gasteiger partial charge is 0.0543 e. The van der Waals surface area contributed by atoms with Gasteiger partial charge in [-0.3, -0.25) is 0 Å². The molecule has 0 aromatic carbocycles. The molecule has 1 rings (SSSR count). The summed E-state index contributed by atoms with van der Waals surface area (Å²) in [7, 11) is 0. The van der Waals surface area contributed by atoms with E-state index in [4.69, 9.17) is 5.73 Å². The first-order valence-corrected chi connectivity index (χ1v) is 6.36. The Labute approximate surface area is 98.5 Å². The van der Waals surface area contributed by atoms with Crippen molar-refractivity contribution in [3.8, 4) is 0 Å². The summed E-state index contributed by atoms with van der Waals surface area (Å²) < 4.78 is 0. The van der Waals surface area contributed by atoms with Crippen LogP contribution in [-0.4, -0.2) is 10.2 Å². The van der Waals surface area contributed by atoms with E-state index in [1.54, 1.807) is 12.4 Å². The zero-order valence-electron chi connectivity index (χ0n) is 10.2. The summed E-state index contributed by atoms with van der Waals surface area (Å²) in [5.41, 5.74) is 7.17. The molecule has 0 saturated carbocycles. The molecule has 1 aromatic heterocycles. The van der Waals surface area contributed by atoms with Crippen LogP contribution in [0.4, 0.5) is 0 Å². The van der Waals surface area contributed by atoms with Gasteiger partial charge in [-0.25, -0.2) is 0 Å². The van der Waals surface area contributed by atoms with E-state index in [0.29, 0.717) is 0 Å². The second-order valence-corrected chi connectivity index (χ2v) is 4.34. The van der Waals surface area contributed by atoms with Crippen molar-refractivity contribution in [3.05, 3.63) is 24.0 Å². The number of hydrogen-bond donors (Lipinski definition) is 1. The molecule has 0 saturated heterocycles. The van der Waals surface area contributed by atoms with Crippen LogP contribution in [0.3, 0.4) is 0 Å². The molecule has 0 spiro atoms. The Kier molecular flexibility index (Phi) is 6.74. The van der Waals surface area contributed by atoms with Crippen molar-refractivity contribution in [1.82, 2.24) is 10.2 Å². The number of nitrogens with zero attached hydrogens (tertiary/aromatic N) is 2. The molecule has 0 aliphatic carbocycles. The van der Waals surface area contributed by atoms with Crippen LogP contribution in [0.25, 0.3) is 0 Å². The van der Waals surface area contributed by atoms with E-state index >= 15 is 0 Å². The average molecular weight is 221 g/mol. The van der Waals surface area contributed by atoms with Gasteiger partial charge in [-0.1, -0.05) is 45.4 Å². The lowest BCUT2D eigenvalue weighted by Crippen LogP contribution is -2.10. The van der Waals surface area contributed by atoms with Crippen LogP contribution >= 0.6 is 0 Å². The van der Waals surface area contributed by atoms with Crippen molar-refractivity contribution in [2.75, 3.05) is 0 Å². The van der Waals surface area contributed by atoms with Crippen molar-refractivity contribution in [3.63, 3.8) is 0 Å². The summed E-state index contributed by atoms with van der Waals surface area (Å²) in [6, 6.07) is 2.08. The first kappa shape index (κ1) is 13.1. The molecule has 0 fully saturated rings. The van der Waals surface area contributed by atoms with Gasteiger partial charge in [0.05, 0.1) is 6.20 Å². The SMILES string of the molecule is CCCCCCCCC(N)c1ccnnc1. The highest BCUT2D eigenvalue weighted by Gasteiger charge is 2.04. The predicted molar refractivity (Wildman–Crippen MR) is 67.0 cm³/mol. The standard InChI is InChI=1S/C13H23N3/c1-2-3-4-5-6-7-8-13(14)12-9-10-15-16-11-12/h9-11,13H,2-8,14H2,1H3. The van der Waals surface area contributed by atoms with Crippen LogP contribution in [0.1, 0.15) is 63.5 Å². The van der Waals surface area contributed by atoms with Crippen LogP contribution < -0.4 is 5.73 Å². The molecule has 0 bridgehead atoms. The molecule has 0 aliphatic rings. The number of rotatable bonds is 8. The van der Waals surface area contributed by atoms with Crippen molar-refractivity contribution in [2.45, 2.75) is 57.9 Å². The van der Waals surface area contributed by atoms with Crippen molar-refractivity contribution < 1.29 is 0 Å². The number of hydrogen-bond acceptors (Lipinski definition) is 3. The van der Waals surface area contributed by atoms with Gasteiger partial charge in [0.25, 0.3) is 0 Å². The van der Waals surface area contributed by atoms with Gasteiger partial charge in [0.1, 0.15) is 0 Å². The highest BCUT2D eigenvalue weighted by Crippen LogP contribution is 2.16. The van der Waals surface area contributed by atoms with Crippen LogP contribution in [0.2, 0.25) is 0 Å². The maximum atomic E-state index is 6.07. The summed E-state index contributed by atoms with van der Waals surface area (Å²) in [6.45, 7) is 2.24. The third kappa shape index (κ3) is 5.21. The molecule has 0 aliphatic heterocycles. The third-order valence-corrected chi connectivity index (χ3v) is 2.90. The first-order chi connectivity index (χ1) is 7.84. The van der Waals surface area contributed by atoms with E-state index < -0.39 is 0 Å². The minimum absolute atomic E-state index is 0.127. The van der Waals surface area contributed by atoms with Crippen LogP contribution in [0.15, 0.2) is 18.5 Å². The van der Waals surface area contributed by atoms with Gasteiger partial charge in [-0.15, -0.1) is 0 Å². The molecule has 1 atom stereocenters. The Balaban J connectivity index is 2.09. The summed E-state index contributed by atoms with van der Waals surface area (Å²) in [5, 5.41) is 7.60. The van der Waals surface area contributed by atoms with Gasteiger partial charge >= 0.3 is 0 Å². The molecule has 0 amide bonds. The molecular formula is C13H23N3. The van der Waals surface area contributed by atoms with Gasteiger partial charge in [-0.05, 0) is 18.1 Å². The summed E-state index contributed by atoms with van der Waals surface area (Å²) >= 11 is 0. The average Bonchev–Trinajstić information content (AvgIpc) is 2.34. The minimum Gasteiger partial charge on any atom is -0.324 e. The number of aromatic nitrogens is 2. The number of nitrogens with two attached hydrogens (primary N) is 1. The van der Waals surface area contributed by atoms with E-state index in [0.717, 1.165) is 12.0 Å². The summed E-state index contributed by atoms with van der Waals surface area (Å²) in [5.74, 6) is 0. The lowest BCUT2D eigenvalue weighted by Gasteiger charge is -2.10. The van der Waals surface area contributed by atoms with E-state index in [-0.39, 0.29) is 6.04 Å². The molecule has 1 heterocycles. The summed E-state index contributed by atoms with van der Waals surface area (Å²) in [4.78, 5) is 0. The Morgan fingerprint density at radius 3 is 2.56 bits per heavy atom. The topological polar surface area (TPSA) is 51.8 Å². The van der Waals surface area contributed by atoms with Gasteiger partial charge in [0.2, 0.25) is 0 Å². The molecule has 1 aromatic rings. The van der Waals surface area contributed by atoms with Crippen LogP contribution in [-0.2, 0) is 0 Å². The van der Waals surface area contributed by atoms with Crippen LogP contribution in [0.5, 0.6) is 0 Å². The molecule has 3 nitrogen and oxygen atoms in total. The Hall–Kier alpha value is -0.960. The molecule has 1 unspecified atom stereocenters. The fraction of sp³-hybridized carbons (Fsp3) is 0.692. The van der Waals surface area contributed by atoms with Gasteiger partial charge in [0, 0.05) is 12.2 Å². The van der Waals surface area contributed by atoms with Crippen LogP contribution in [0, 0.1) is 0 Å². The quantitative estimate of drug-likeness (QED) is 0.686. The Bertz CT molecular complexity index is 261. The molecule has 3 heteroatoms. The zero-order chi connectivity index (χ0) is 11.6. The maximum Gasteiger partial charge on any atom is 0.0543 e. The highest BCUT2D eigenvalue weighted by atomic mass is 15.1. The normalized spacial score (nSPS) is 12.6. The van der Waals surface area contributed by atoms with Crippen molar-refractivity contribution in [1.29, 1.82) is 0 Å². The zero-order valence-corrected chi connectivity index (χ0v) is 10.2.